The molecule has 0 saturated heterocycles. The van der Waals surface area contributed by atoms with E-state index in [0.29, 0.717) is 0 Å². The number of hydrogen-bond donors (Lipinski definition) is 1. The van der Waals surface area contributed by atoms with Crippen molar-refractivity contribution >= 4 is 27.5 Å². The van der Waals surface area contributed by atoms with Crippen molar-refractivity contribution in [2.24, 2.45) is 0 Å². The van der Waals surface area contributed by atoms with Gasteiger partial charge in [-0.2, -0.15) is 0 Å². The van der Waals surface area contributed by atoms with Crippen LogP contribution < -0.4 is 5.73 Å². The summed E-state index contributed by atoms with van der Waals surface area (Å²) in [6.45, 7) is 2.27. The van der Waals surface area contributed by atoms with Gasteiger partial charge in [-0.05, 0) is 42.7 Å². The molecular formula is C23H30N2. The number of hydrogen-bond acceptors (Lipinski definition) is 2. The molecule has 0 unspecified atom stereocenters. The first kappa shape index (κ1) is 17.7. The van der Waals surface area contributed by atoms with Gasteiger partial charge in [0.15, 0.2) is 0 Å². The normalized spacial score (nSPS) is 11.4. The predicted octanol–water partition coefficient (Wildman–Crippen LogP) is 6.65. The van der Waals surface area contributed by atoms with Crippen molar-refractivity contribution < 1.29 is 0 Å². The molecule has 0 saturated carbocycles. The fourth-order valence-electron chi connectivity index (χ4n) is 3.55. The van der Waals surface area contributed by atoms with Crippen LogP contribution in [0.4, 0.5) is 5.69 Å². The average molecular weight is 335 g/mol. The zero-order valence-electron chi connectivity index (χ0n) is 15.4. The van der Waals surface area contributed by atoms with Crippen LogP contribution in [0.3, 0.4) is 0 Å². The van der Waals surface area contributed by atoms with Gasteiger partial charge < -0.3 is 5.73 Å². The zero-order valence-corrected chi connectivity index (χ0v) is 15.4. The average Bonchev–Trinajstić information content (AvgIpc) is 2.62. The molecule has 0 fully saturated rings. The highest BCUT2D eigenvalue weighted by Gasteiger charge is 2.05. The topological polar surface area (TPSA) is 38.9 Å². The maximum absolute atomic E-state index is 6.30. The Labute approximate surface area is 151 Å². The van der Waals surface area contributed by atoms with Crippen molar-refractivity contribution in [1.82, 2.24) is 4.98 Å². The highest BCUT2D eigenvalue weighted by molar-refractivity contribution is 5.94. The number of anilines is 1. The van der Waals surface area contributed by atoms with Crippen molar-refractivity contribution in [2.75, 3.05) is 5.73 Å². The van der Waals surface area contributed by atoms with Crippen molar-refractivity contribution in [2.45, 2.75) is 64.7 Å². The molecule has 0 amide bonds. The fourth-order valence-corrected chi connectivity index (χ4v) is 3.55. The summed E-state index contributed by atoms with van der Waals surface area (Å²) in [4.78, 5) is 4.81. The molecule has 1 aromatic heterocycles. The van der Waals surface area contributed by atoms with E-state index in [4.69, 9.17) is 10.7 Å². The van der Waals surface area contributed by atoms with E-state index in [-0.39, 0.29) is 0 Å². The number of unbranched alkanes of at least 4 members (excludes halogenated alkanes) is 7. The molecule has 0 aliphatic heterocycles. The molecule has 132 valence electrons. The number of para-hydroxylation sites is 1. The van der Waals surface area contributed by atoms with Crippen molar-refractivity contribution in [3.8, 4) is 0 Å². The number of aryl methyl sites for hydroxylation is 1. The Morgan fingerprint density at radius 2 is 1.48 bits per heavy atom. The number of rotatable bonds is 9. The number of nitrogen functional groups attached to an aromatic ring is 1. The van der Waals surface area contributed by atoms with E-state index < -0.39 is 0 Å². The Bertz CT molecular complexity index is 823. The Hall–Kier alpha value is -2.09. The molecule has 2 N–H and O–H groups in total. The van der Waals surface area contributed by atoms with Gasteiger partial charge in [0.25, 0.3) is 0 Å². The molecule has 0 atom stereocenters. The van der Waals surface area contributed by atoms with Gasteiger partial charge in [0.1, 0.15) is 0 Å². The lowest BCUT2D eigenvalue weighted by atomic mass is 10.0. The highest BCUT2D eigenvalue weighted by Crippen LogP contribution is 2.25. The third kappa shape index (κ3) is 4.72. The van der Waals surface area contributed by atoms with Crippen LogP contribution >= 0.6 is 0 Å². The Morgan fingerprint density at radius 3 is 2.28 bits per heavy atom. The molecule has 3 aromatic rings. The van der Waals surface area contributed by atoms with E-state index in [9.17, 15) is 0 Å². The Morgan fingerprint density at radius 1 is 0.760 bits per heavy atom. The fraction of sp³-hybridized carbons (Fsp3) is 0.435. The minimum atomic E-state index is 0.910. The van der Waals surface area contributed by atoms with E-state index in [1.54, 1.807) is 0 Å². The van der Waals surface area contributed by atoms with Crippen LogP contribution in [0.5, 0.6) is 0 Å². The first-order valence-electron chi connectivity index (χ1n) is 9.86. The van der Waals surface area contributed by atoms with E-state index in [0.717, 1.165) is 28.5 Å². The molecule has 3 rings (SSSR count). The molecule has 0 spiro atoms. The first-order valence-corrected chi connectivity index (χ1v) is 9.86. The van der Waals surface area contributed by atoms with Gasteiger partial charge in [-0.25, -0.2) is 4.98 Å². The number of pyridine rings is 1. The van der Waals surface area contributed by atoms with Crippen LogP contribution in [0.25, 0.3) is 21.8 Å². The number of fused-ring (bicyclic) bond motifs is 2. The number of nitrogens with zero attached hydrogens (tertiary/aromatic N) is 1. The van der Waals surface area contributed by atoms with Crippen LogP contribution in [0, 0.1) is 0 Å². The molecular weight excluding hydrogens is 304 g/mol. The summed E-state index contributed by atoms with van der Waals surface area (Å²) >= 11 is 0. The van der Waals surface area contributed by atoms with E-state index in [2.05, 4.69) is 43.3 Å². The van der Waals surface area contributed by atoms with Crippen LogP contribution in [-0.4, -0.2) is 4.98 Å². The maximum atomic E-state index is 6.30. The van der Waals surface area contributed by atoms with Gasteiger partial charge in [0, 0.05) is 16.5 Å². The first-order chi connectivity index (χ1) is 12.3. The summed E-state index contributed by atoms with van der Waals surface area (Å²) in [6, 6.07) is 14.7. The lowest BCUT2D eigenvalue weighted by Gasteiger charge is -2.09. The lowest BCUT2D eigenvalue weighted by molar-refractivity contribution is 0.576. The van der Waals surface area contributed by atoms with Crippen molar-refractivity contribution in [1.29, 1.82) is 0 Å². The quantitative estimate of drug-likeness (QED) is 0.270. The molecule has 25 heavy (non-hydrogen) atoms. The molecule has 1 heterocycles. The highest BCUT2D eigenvalue weighted by atomic mass is 14.7. The summed E-state index contributed by atoms with van der Waals surface area (Å²) in [5, 5.41) is 2.31. The molecule has 2 nitrogen and oxygen atoms in total. The number of nitrogens with two attached hydrogens (primary N) is 1. The summed E-state index contributed by atoms with van der Waals surface area (Å²) in [5.74, 6) is 0. The molecule has 0 aliphatic carbocycles. The third-order valence-electron chi connectivity index (χ3n) is 5.08. The smallest absolute Gasteiger partial charge is 0.0714 e. The third-order valence-corrected chi connectivity index (χ3v) is 5.08. The summed E-state index contributed by atoms with van der Waals surface area (Å²) < 4.78 is 0. The Kier molecular flexibility index (Phi) is 6.27. The second kappa shape index (κ2) is 8.84. The standard InChI is InChI=1S/C23H30N2/c1-2-3-4-5-6-7-8-9-12-18-17-23-20(16-21(18)24)15-19-13-10-11-14-22(19)25-23/h10-11,13-17H,2-9,12,24H2,1H3. The number of aromatic nitrogens is 1. The summed E-state index contributed by atoms with van der Waals surface area (Å²) in [5.41, 5.74) is 10.6. The molecule has 2 heteroatoms. The van der Waals surface area contributed by atoms with Gasteiger partial charge >= 0.3 is 0 Å². The van der Waals surface area contributed by atoms with E-state index in [1.807, 2.05) is 6.07 Å². The SMILES string of the molecule is CCCCCCCCCCc1cc2nc3ccccc3cc2cc1N. The van der Waals surface area contributed by atoms with Crippen LogP contribution in [-0.2, 0) is 6.42 Å². The zero-order chi connectivity index (χ0) is 17.5. The van der Waals surface area contributed by atoms with E-state index in [1.165, 1.54) is 62.3 Å². The van der Waals surface area contributed by atoms with Gasteiger partial charge in [-0.1, -0.05) is 70.1 Å². The second-order valence-electron chi connectivity index (χ2n) is 7.15. The Balaban J connectivity index is 1.60. The molecule has 0 radical (unpaired) electrons. The summed E-state index contributed by atoms with van der Waals surface area (Å²) in [6.07, 6.45) is 11.8. The largest absolute Gasteiger partial charge is 0.398 e. The van der Waals surface area contributed by atoms with Crippen molar-refractivity contribution in [3.63, 3.8) is 0 Å². The predicted molar refractivity (Wildman–Crippen MR) is 110 cm³/mol. The monoisotopic (exact) mass is 334 g/mol. The molecule has 0 bridgehead atoms. The van der Waals surface area contributed by atoms with E-state index >= 15 is 0 Å². The van der Waals surface area contributed by atoms with Gasteiger partial charge in [-0.15, -0.1) is 0 Å². The van der Waals surface area contributed by atoms with Gasteiger partial charge in [-0.3, -0.25) is 0 Å². The van der Waals surface area contributed by atoms with Crippen LogP contribution in [0.2, 0.25) is 0 Å². The van der Waals surface area contributed by atoms with Crippen LogP contribution in [0.1, 0.15) is 63.9 Å². The number of benzene rings is 2. The summed E-state index contributed by atoms with van der Waals surface area (Å²) in [7, 11) is 0. The van der Waals surface area contributed by atoms with Crippen LogP contribution in [0.15, 0.2) is 42.5 Å². The van der Waals surface area contributed by atoms with Crippen molar-refractivity contribution in [3.05, 3.63) is 48.0 Å². The van der Waals surface area contributed by atoms with Gasteiger partial charge in [0.05, 0.1) is 11.0 Å². The molecule has 2 aromatic carbocycles. The minimum Gasteiger partial charge on any atom is -0.398 e. The second-order valence-corrected chi connectivity index (χ2v) is 7.15. The lowest BCUT2D eigenvalue weighted by Crippen LogP contribution is -1.96. The maximum Gasteiger partial charge on any atom is 0.0714 e. The van der Waals surface area contributed by atoms with Gasteiger partial charge in [0.2, 0.25) is 0 Å². The molecule has 0 aliphatic rings. The minimum absolute atomic E-state index is 0.910.